The Morgan fingerprint density at radius 1 is 1.10 bits per heavy atom. The Kier molecular flexibility index (Phi) is 9.73. The fourth-order valence-electron chi connectivity index (χ4n) is 3.61. The molecule has 0 spiro atoms. The summed E-state index contributed by atoms with van der Waals surface area (Å²) in [4.78, 5) is 41.5. The lowest BCUT2D eigenvalue weighted by atomic mass is 10.1. The van der Waals surface area contributed by atoms with Gasteiger partial charge in [0.15, 0.2) is 11.5 Å². The molecule has 11 nitrogen and oxygen atoms in total. The van der Waals surface area contributed by atoms with E-state index in [9.17, 15) is 19.7 Å². The molecule has 0 radical (unpaired) electrons. The molecule has 2 amide bonds. The van der Waals surface area contributed by atoms with E-state index in [1.807, 2.05) is 0 Å². The Labute approximate surface area is 246 Å². The number of carbonyl (C=O) groups is 2. The van der Waals surface area contributed by atoms with Crippen LogP contribution >= 0.6 is 34.2 Å². The molecule has 1 fully saturated rings. The Bertz CT molecular complexity index is 1440. The van der Waals surface area contributed by atoms with Crippen LogP contribution in [0.2, 0.25) is 5.02 Å². The van der Waals surface area contributed by atoms with Crippen LogP contribution in [0, 0.1) is 25.4 Å². The molecule has 0 heterocycles. The molecule has 1 aliphatic rings. The maximum Gasteiger partial charge on any atom is 0.296 e. The Morgan fingerprint density at radius 2 is 1.82 bits per heavy atom. The normalized spacial score (nSPS) is 12.5. The number of aliphatic hydroxyl groups excluding tert-OH is 1. The summed E-state index contributed by atoms with van der Waals surface area (Å²) >= 11 is 8.38. The van der Waals surface area contributed by atoms with Gasteiger partial charge in [-0.05, 0) is 83.8 Å². The van der Waals surface area contributed by atoms with Crippen LogP contribution in [-0.4, -0.2) is 41.6 Å². The number of aliphatic hydroxyl groups is 1. The highest BCUT2D eigenvalue weighted by Crippen LogP contribution is 2.40. The van der Waals surface area contributed by atoms with Crippen LogP contribution in [0.25, 0.3) is 0 Å². The van der Waals surface area contributed by atoms with Crippen molar-refractivity contribution in [2.24, 2.45) is 5.92 Å². The monoisotopic (exact) mass is 683 g/mol. The first-order valence-electron chi connectivity index (χ1n) is 12.1. The highest BCUT2D eigenvalue weighted by atomic mass is 127. The number of hydrogen-bond donors (Lipinski definition) is 5. The molecule has 210 valence electrons. The average Bonchev–Trinajstić information content (AvgIpc) is 3.75. The number of nitro benzene ring substituents is 1. The number of hydroxylamine groups is 1. The van der Waals surface area contributed by atoms with Crippen LogP contribution in [0.5, 0.6) is 0 Å². The van der Waals surface area contributed by atoms with Gasteiger partial charge in [0.25, 0.3) is 17.5 Å². The van der Waals surface area contributed by atoms with Crippen LogP contribution in [0.15, 0.2) is 48.5 Å². The van der Waals surface area contributed by atoms with Gasteiger partial charge in [-0.1, -0.05) is 11.6 Å². The van der Waals surface area contributed by atoms with E-state index < -0.39 is 33.9 Å². The third-order valence-electron chi connectivity index (χ3n) is 5.87. The van der Waals surface area contributed by atoms with Crippen molar-refractivity contribution in [2.75, 3.05) is 30.4 Å². The lowest BCUT2D eigenvalue weighted by Gasteiger charge is -2.18. The summed E-state index contributed by atoms with van der Waals surface area (Å²) in [6.45, 7) is 0.122. The Hall–Kier alpha value is -3.53. The Balaban J connectivity index is 1.71. The lowest BCUT2D eigenvalue weighted by molar-refractivity contribution is -0.384. The van der Waals surface area contributed by atoms with Crippen molar-refractivity contribution < 1.29 is 28.8 Å². The van der Waals surface area contributed by atoms with Gasteiger partial charge >= 0.3 is 0 Å². The van der Waals surface area contributed by atoms with Crippen molar-refractivity contribution in [3.8, 4) is 0 Å². The average molecular weight is 684 g/mol. The second-order valence-corrected chi connectivity index (χ2v) is 10.5. The zero-order chi connectivity index (χ0) is 28.8. The fourth-order valence-corrected chi connectivity index (χ4v) is 4.51. The maximum absolute atomic E-state index is 16.1. The first-order valence-corrected chi connectivity index (χ1v) is 13.5. The molecule has 0 atom stereocenters. The van der Waals surface area contributed by atoms with Crippen molar-refractivity contribution in [1.82, 2.24) is 10.8 Å². The van der Waals surface area contributed by atoms with Gasteiger partial charge in [0, 0.05) is 27.4 Å². The summed E-state index contributed by atoms with van der Waals surface area (Å²) in [6.07, 6.45) is 1.95. The van der Waals surface area contributed by atoms with Crippen molar-refractivity contribution in [2.45, 2.75) is 12.8 Å². The van der Waals surface area contributed by atoms with Crippen LogP contribution in [0.3, 0.4) is 0 Å². The van der Waals surface area contributed by atoms with Gasteiger partial charge in [-0.25, -0.2) is 9.87 Å². The molecule has 14 heteroatoms. The number of nitro groups is 1. The van der Waals surface area contributed by atoms with Gasteiger partial charge in [-0.2, -0.15) is 0 Å². The summed E-state index contributed by atoms with van der Waals surface area (Å²) in [7, 11) is 0. The molecule has 3 aromatic carbocycles. The van der Waals surface area contributed by atoms with E-state index in [1.165, 1.54) is 24.3 Å². The first kappa shape index (κ1) is 29.5. The molecular weight excluding hydrogens is 660 g/mol. The minimum atomic E-state index is -1.11. The van der Waals surface area contributed by atoms with Crippen LogP contribution in [-0.2, 0) is 4.84 Å². The molecule has 1 aliphatic carbocycles. The number of carbonyl (C=O) groups excluding carboxylic acids is 2. The van der Waals surface area contributed by atoms with Crippen LogP contribution < -0.4 is 21.4 Å². The summed E-state index contributed by atoms with van der Waals surface area (Å²) in [5, 5.41) is 29.1. The number of hydrogen-bond acceptors (Lipinski definition) is 8. The van der Waals surface area contributed by atoms with E-state index >= 15 is 4.39 Å². The largest absolute Gasteiger partial charge is 0.395 e. The number of halogens is 3. The van der Waals surface area contributed by atoms with E-state index in [-0.39, 0.29) is 53.0 Å². The van der Waals surface area contributed by atoms with Gasteiger partial charge < -0.3 is 21.1 Å². The summed E-state index contributed by atoms with van der Waals surface area (Å²) < 4.78 is 16.9. The predicted molar refractivity (Wildman–Crippen MR) is 156 cm³/mol. The van der Waals surface area contributed by atoms with Gasteiger partial charge in [0.05, 0.1) is 40.1 Å². The topological polar surface area (TPSA) is 155 Å². The van der Waals surface area contributed by atoms with E-state index in [2.05, 4.69) is 44.0 Å². The van der Waals surface area contributed by atoms with Gasteiger partial charge in [0.1, 0.15) is 0 Å². The number of rotatable bonds is 12. The molecule has 40 heavy (non-hydrogen) atoms. The number of amides is 2. The summed E-state index contributed by atoms with van der Waals surface area (Å²) in [6, 6.07) is 11.6. The fraction of sp³-hybridized carbons (Fsp3) is 0.231. The number of benzene rings is 3. The number of anilines is 4. The summed E-state index contributed by atoms with van der Waals surface area (Å²) in [5.41, 5.74) is 1.08. The minimum absolute atomic E-state index is 0.0716. The standard InChI is InChI=1S/C26H24ClFIN5O6/c27-19-11-16(29)5-8-20(19)32-23-18(26(37)33-40-13-14-1-2-14)12-21(34(38)39)24(22(23)28)31-17-6-3-15(4-7-17)25(36)30-9-10-35/h3-8,11-12,14,31-32,35H,1-2,9-10,13H2,(H,30,36)(H,33,37). The molecule has 0 unspecified atom stereocenters. The highest BCUT2D eigenvalue weighted by Gasteiger charge is 2.29. The predicted octanol–water partition coefficient (Wildman–Crippen LogP) is 5.27. The van der Waals surface area contributed by atoms with Crippen LogP contribution in [0.1, 0.15) is 33.6 Å². The van der Waals surface area contributed by atoms with Crippen molar-refractivity contribution in [3.05, 3.63) is 84.2 Å². The second-order valence-electron chi connectivity index (χ2n) is 8.88. The van der Waals surface area contributed by atoms with E-state index in [0.717, 1.165) is 22.5 Å². The zero-order valence-electron chi connectivity index (χ0n) is 20.8. The molecule has 4 rings (SSSR count). The molecule has 5 N–H and O–H groups in total. The SMILES string of the molecule is O=C(NCCO)c1ccc(Nc2c([N+](=O)[O-])cc(C(=O)NOCC3CC3)c(Nc3ccc(I)cc3Cl)c2F)cc1. The molecule has 0 bridgehead atoms. The highest BCUT2D eigenvalue weighted by molar-refractivity contribution is 14.1. The molecule has 3 aromatic rings. The third-order valence-corrected chi connectivity index (χ3v) is 6.86. The van der Waals surface area contributed by atoms with Gasteiger partial charge in [-0.3, -0.25) is 24.5 Å². The van der Waals surface area contributed by atoms with Gasteiger partial charge in [-0.15, -0.1) is 0 Å². The lowest BCUT2D eigenvalue weighted by Crippen LogP contribution is -2.26. The third kappa shape index (κ3) is 7.35. The summed E-state index contributed by atoms with van der Waals surface area (Å²) in [5.74, 6) is -2.09. The first-order chi connectivity index (χ1) is 19.2. The molecule has 0 aliphatic heterocycles. The van der Waals surface area contributed by atoms with E-state index in [1.54, 1.807) is 18.2 Å². The van der Waals surface area contributed by atoms with Crippen molar-refractivity contribution in [1.29, 1.82) is 0 Å². The number of nitrogens with zero attached hydrogens (tertiary/aromatic N) is 1. The van der Waals surface area contributed by atoms with Crippen molar-refractivity contribution in [3.63, 3.8) is 0 Å². The van der Waals surface area contributed by atoms with E-state index in [0.29, 0.717) is 5.92 Å². The second kappa shape index (κ2) is 13.2. The van der Waals surface area contributed by atoms with Crippen LogP contribution in [0.4, 0.5) is 32.8 Å². The minimum Gasteiger partial charge on any atom is -0.395 e. The maximum atomic E-state index is 16.1. The smallest absolute Gasteiger partial charge is 0.296 e. The quantitative estimate of drug-likeness (QED) is 0.0983. The van der Waals surface area contributed by atoms with E-state index in [4.69, 9.17) is 21.5 Å². The van der Waals surface area contributed by atoms with Gasteiger partial charge in [0.2, 0.25) is 0 Å². The molecule has 0 aromatic heterocycles. The molecular formula is C26H24ClFIN5O6. The molecule has 1 saturated carbocycles. The Morgan fingerprint density at radius 3 is 2.45 bits per heavy atom. The number of nitrogens with one attached hydrogen (secondary N) is 4. The zero-order valence-corrected chi connectivity index (χ0v) is 23.7. The van der Waals surface area contributed by atoms with Crippen molar-refractivity contribution >= 4 is 74.4 Å². The molecule has 0 saturated heterocycles.